The molecule has 6 heteroatoms. The third-order valence-corrected chi connectivity index (χ3v) is 6.06. The van der Waals surface area contributed by atoms with Crippen LogP contribution in [0.5, 0.6) is 5.75 Å². The first-order valence-corrected chi connectivity index (χ1v) is 11.6. The van der Waals surface area contributed by atoms with Gasteiger partial charge in [-0.05, 0) is 82.9 Å². The molecule has 0 amide bonds. The standard InChI is InChI=1S/C28H31NO5/c1-17-23(25(27(31)32)34-28(3,4)5)24(20-13-14-22-19(16-20)10-9-15-33-22)18(2)29(26(17)30)21-11-7-6-8-12-21/h6-8,11-14,16,25H,9-10,15H2,1-5H3,(H,31,32). The molecule has 2 aromatic carbocycles. The highest BCUT2D eigenvalue weighted by Crippen LogP contribution is 2.39. The summed E-state index contributed by atoms with van der Waals surface area (Å²) < 4.78 is 13.5. The largest absolute Gasteiger partial charge is 0.493 e. The summed E-state index contributed by atoms with van der Waals surface area (Å²) in [7, 11) is 0. The Morgan fingerprint density at radius 3 is 2.47 bits per heavy atom. The van der Waals surface area contributed by atoms with Crippen LogP contribution in [-0.4, -0.2) is 27.9 Å². The fraction of sp³-hybridized carbons (Fsp3) is 0.357. The predicted molar refractivity (Wildman–Crippen MR) is 132 cm³/mol. The van der Waals surface area contributed by atoms with Gasteiger partial charge in [0.25, 0.3) is 5.56 Å². The molecule has 6 nitrogen and oxygen atoms in total. The van der Waals surface area contributed by atoms with Crippen molar-refractivity contribution in [1.29, 1.82) is 0 Å². The van der Waals surface area contributed by atoms with E-state index in [-0.39, 0.29) is 5.56 Å². The molecule has 1 aliphatic rings. The normalized spacial score (nSPS) is 14.3. The van der Waals surface area contributed by atoms with Crippen LogP contribution in [0.15, 0.2) is 53.3 Å². The van der Waals surface area contributed by atoms with Gasteiger partial charge in [0.1, 0.15) is 5.75 Å². The number of ether oxygens (including phenoxy) is 2. The molecule has 178 valence electrons. The SMILES string of the molecule is Cc1c(C(OC(C)(C)C)C(=O)O)c(-c2ccc3c(c2)CCCO3)c(C)n(-c2ccccc2)c1=O. The smallest absolute Gasteiger partial charge is 0.337 e. The van der Waals surface area contributed by atoms with E-state index in [0.717, 1.165) is 35.4 Å². The van der Waals surface area contributed by atoms with Crippen molar-refractivity contribution in [3.8, 4) is 22.6 Å². The van der Waals surface area contributed by atoms with Crippen LogP contribution in [0.3, 0.4) is 0 Å². The number of hydrogen-bond donors (Lipinski definition) is 1. The first kappa shape index (κ1) is 23.8. The molecule has 1 N–H and O–H groups in total. The van der Waals surface area contributed by atoms with Crippen molar-refractivity contribution in [2.24, 2.45) is 0 Å². The number of para-hydroxylation sites is 1. The lowest BCUT2D eigenvalue weighted by molar-refractivity contribution is -0.160. The van der Waals surface area contributed by atoms with E-state index in [1.807, 2.05) is 70.2 Å². The molecule has 0 bridgehead atoms. The lowest BCUT2D eigenvalue weighted by Crippen LogP contribution is -2.32. The number of rotatable bonds is 5. The summed E-state index contributed by atoms with van der Waals surface area (Å²) in [5.41, 5.74) is 3.78. The second-order valence-electron chi connectivity index (χ2n) is 9.70. The number of nitrogens with zero attached hydrogens (tertiary/aromatic N) is 1. The highest BCUT2D eigenvalue weighted by atomic mass is 16.5. The quantitative estimate of drug-likeness (QED) is 0.551. The van der Waals surface area contributed by atoms with Gasteiger partial charge in [-0.15, -0.1) is 0 Å². The molecule has 1 aliphatic heterocycles. The van der Waals surface area contributed by atoms with Gasteiger partial charge in [0, 0.05) is 28.1 Å². The average molecular weight is 462 g/mol. The number of pyridine rings is 1. The number of benzene rings is 2. The van der Waals surface area contributed by atoms with Crippen molar-refractivity contribution in [2.75, 3.05) is 6.61 Å². The van der Waals surface area contributed by atoms with Gasteiger partial charge in [0.15, 0.2) is 6.10 Å². The van der Waals surface area contributed by atoms with Crippen LogP contribution in [0.25, 0.3) is 16.8 Å². The summed E-state index contributed by atoms with van der Waals surface area (Å²) in [5, 5.41) is 10.2. The van der Waals surface area contributed by atoms with E-state index in [1.165, 1.54) is 0 Å². The van der Waals surface area contributed by atoms with Gasteiger partial charge in [-0.25, -0.2) is 4.79 Å². The van der Waals surface area contributed by atoms with Crippen LogP contribution in [0.1, 0.15) is 55.7 Å². The number of aryl methyl sites for hydroxylation is 1. The Hall–Kier alpha value is -3.38. The maximum absolute atomic E-state index is 13.6. The Morgan fingerprint density at radius 2 is 1.82 bits per heavy atom. The number of aromatic nitrogens is 1. The summed E-state index contributed by atoms with van der Waals surface area (Å²) in [6, 6.07) is 15.3. The molecule has 1 unspecified atom stereocenters. The zero-order chi connectivity index (χ0) is 24.6. The van der Waals surface area contributed by atoms with Crippen LogP contribution in [0, 0.1) is 13.8 Å². The molecule has 4 rings (SSSR count). The van der Waals surface area contributed by atoms with Gasteiger partial charge in [-0.1, -0.05) is 24.3 Å². The first-order chi connectivity index (χ1) is 16.1. The van der Waals surface area contributed by atoms with Gasteiger partial charge in [0.05, 0.1) is 12.2 Å². The summed E-state index contributed by atoms with van der Waals surface area (Å²) in [6.07, 6.45) is 0.518. The van der Waals surface area contributed by atoms with Crippen molar-refractivity contribution in [3.05, 3.63) is 81.3 Å². The third-order valence-electron chi connectivity index (χ3n) is 6.06. The molecule has 34 heavy (non-hydrogen) atoms. The Bertz CT molecular complexity index is 1280. The molecule has 1 aromatic heterocycles. The Balaban J connectivity index is 2.07. The lowest BCUT2D eigenvalue weighted by atomic mass is 9.89. The van der Waals surface area contributed by atoms with E-state index >= 15 is 0 Å². The first-order valence-electron chi connectivity index (χ1n) is 11.6. The number of carboxylic acids is 1. The molecule has 0 spiro atoms. The summed E-state index contributed by atoms with van der Waals surface area (Å²) >= 11 is 0. The molecular weight excluding hydrogens is 430 g/mol. The molecule has 1 atom stereocenters. The second-order valence-corrected chi connectivity index (χ2v) is 9.70. The molecule has 0 saturated heterocycles. The minimum Gasteiger partial charge on any atom is -0.493 e. The lowest BCUT2D eigenvalue weighted by Gasteiger charge is -2.29. The van der Waals surface area contributed by atoms with E-state index in [4.69, 9.17) is 9.47 Å². The fourth-order valence-corrected chi connectivity index (χ4v) is 4.61. The Kier molecular flexibility index (Phi) is 6.36. The number of carboxylic acid groups (broad SMARTS) is 1. The molecule has 3 aromatic rings. The highest BCUT2D eigenvalue weighted by Gasteiger charge is 2.33. The van der Waals surface area contributed by atoms with Gasteiger partial charge in [-0.3, -0.25) is 9.36 Å². The summed E-state index contributed by atoms with van der Waals surface area (Å²) in [4.78, 5) is 26.1. The number of hydrogen-bond acceptors (Lipinski definition) is 4. The zero-order valence-corrected chi connectivity index (χ0v) is 20.3. The predicted octanol–water partition coefficient (Wildman–Crippen LogP) is 5.39. The molecular formula is C28H31NO5. The van der Waals surface area contributed by atoms with Crippen molar-refractivity contribution < 1.29 is 19.4 Å². The van der Waals surface area contributed by atoms with Crippen LogP contribution >= 0.6 is 0 Å². The van der Waals surface area contributed by atoms with Crippen molar-refractivity contribution >= 4 is 5.97 Å². The summed E-state index contributed by atoms with van der Waals surface area (Å²) in [5.74, 6) is -0.278. The molecule has 0 saturated carbocycles. The molecule has 0 radical (unpaired) electrons. The van der Waals surface area contributed by atoms with Crippen molar-refractivity contribution in [2.45, 2.75) is 59.2 Å². The van der Waals surface area contributed by atoms with E-state index in [1.54, 1.807) is 11.5 Å². The minimum absolute atomic E-state index is 0.257. The Labute approximate surface area is 199 Å². The molecule has 0 fully saturated rings. The van der Waals surface area contributed by atoms with Gasteiger partial charge in [0.2, 0.25) is 0 Å². The van der Waals surface area contributed by atoms with E-state index < -0.39 is 17.7 Å². The van der Waals surface area contributed by atoms with Gasteiger partial charge >= 0.3 is 5.97 Å². The monoisotopic (exact) mass is 461 g/mol. The topological polar surface area (TPSA) is 77.8 Å². The third kappa shape index (κ3) is 4.50. The van der Waals surface area contributed by atoms with Crippen molar-refractivity contribution in [1.82, 2.24) is 4.57 Å². The van der Waals surface area contributed by atoms with E-state index in [9.17, 15) is 14.7 Å². The maximum atomic E-state index is 13.6. The average Bonchev–Trinajstić information content (AvgIpc) is 2.80. The van der Waals surface area contributed by atoms with Crippen LogP contribution < -0.4 is 10.3 Å². The fourth-order valence-electron chi connectivity index (χ4n) is 4.61. The van der Waals surface area contributed by atoms with Gasteiger partial charge in [-0.2, -0.15) is 0 Å². The number of carbonyl (C=O) groups is 1. The van der Waals surface area contributed by atoms with Crippen LogP contribution in [-0.2, 0) is 16.0 Å². The molecule has 0 aliphatic carbocycles. The summed E-state index contributed by atoms with van der Waals surface area (Å²) in [6.45, 7) is 9.67. The van der Waals surface area contributed by atoms with E-state index in [2.05, 4.69) is 6.07 Å². The van der Waals surface area contributed by atoms with E-state index in [0.29, 0.717) is 29.0 Å². The van der Waals surface area contributed by atoms with Crippen LogP contribution in [0.4, 0.5) is 0 Å². The van der Waals surface area contributed by atoms with Crippen LogP contribution in [0.2, 0.25) is 0 Å². The number of fused-ring (bicyclic) bond motifs is 1. The highest BCUT2D eigenvalue weighted by molar-refractivity contribution is 5.82. The Morgan fingerprint density at radius 1 is 1.12 bits per heavy atom. The van der Waals surface area contributed by atoms with Crippen molar-refractivity contribution in [3.63, 3.8) is 0 Å². The maximum Gasteiger partial charge on any atom is 0.337 e. The second kappa shape index (κ2) is 9.11. The molecule has 2 heterocycles. The van der Waals surface area contributed by atoms with Gasteiger partial charge < -0.3 is 14.6 Å². The zero-order valence-electron chi connectivity index (χ0n) is 20.3. The minimum atomic E-state index is -1.29. The number of aliphatic carboxylic acids is 1.